The topological polar surface area (TPSA) is 63.2 Å². The van der Waals surface area contributed by atoms with Crippen molar-refractivity contribution < 1.29 is 8.42 Å². The van der Waals surface area contributed by atoms with Crippen LogP contribution in [0.4, 0.5) is 0 Å². The molecular weight excluding hydrogens is 260 g/mol. The molecular formula is C14H20N2O2S. The molecule has 2 rings (SSSR count). The highest BCUT2D eigenvalue weighted by atomic mass is 32.2. The van der Waals surface area contributed by atoms with E-state index in [1.54, 1.807) is 12.1 Å². The Kier molecular flexibility index (Phi) is 4.39. The van der Waals surface area contributed by atoms with Crippen molar-refractivity contribution in [1.82, 2.24) is 4.31 Å². The van der Waals surface area contributed by atoms with E-state index >= 15 is 0 Å². The SMILES string of the molecule is C/C=C/CC(N)Cc1ccc(S(=O)(=O)N2CC2)cc1. The van der Waals surface area contributed by atoms with Crippen LogP contribution in [0.25, 0.3) is 0 Å². The molecule has 1 unspecified atom stereocenters. The summed E-state index contributed by atoms with van der Waals surface area (Å²) in [5, 5.41) is 0. The Morgan fingerprint density at radius 1 is 1.32 bits per heavy atom. The van der Waals surface area contributed by atoms with E-state index in [0.29, 0.717) is 18.0 Å². The van der Waals surface area contributed by atoms with E-state index in [2.05, 4.69) is 0 Å². The molecule has 0 bridgehead atoms. The van der Waals surface area contributed by atoms with Gasteiger partial charge in [0.1, 0.15) is 0 Å². The summed E-state index contributed by atoms with van der Waals surface area (Å²) in [6.45, 7) is 3.25. The van der Waals surface area contributed by atoms with Crippen LogP contribution in [0, 0.1) is 0 Å². The molecule has 0 spiro atoms. The summed E-state index contributed by atoms with van der Waals surface area (Å²) in [7, 11) is -3.23. The number of sulfonamides is 1. The molecule has 1 aromatic carbocycles. The fraction of sp³-hybridized carbons (Fsp3) is 0.429. The molecule has 0 aromatic heterocycles. The molecule has 0 radical (unpaired) electrons. The van der Waals surface area contributed by atoms with E-state index in [0.717, 1.165) is 18.4 Å². The number of hydrogen-bond donors (Lipinski definition) is 1. The summed E-state index contributed by atoms with van der Waals surface area (Å²) >= 11 is 0. The first-order chi connectivity index (χ1) is 9.04. The molecule has 2 N–H and O–H groups in total. The molecule has 19 heavy (non-hydrogen) atoms. The van der Waals surface area contributed by atoms with Crippen molar-refractivity contribution in [3.63, 3.8) is 0 Å². The van der Waals surface area contributed by atoms with Crippen LogP contribution in [0.3, 0.4) is 0 Å². The van der Waals surface area contributed by atoms with Gasteiger partial charge < -0.3 is 5.73 Å². The van der Waals surface area contributed by atoms with Gasteiger partial charge in [0.25, 0.3) is 0 Å². The molecule has 0 aliphatic carbocycles. The fourth-order valence-corrected chi connectivity index (χ4v) is 3.27. The molecule has 1 aliphatic rings. The third-order valence-electron chi connectivity index (χ3n) is 3.14. The standard InChI is InChI=1S/C14H20N2O2S/c1-2-3-4-13(15)11-12-5-7-14(8-6-12)19(17,18)16-9-10-16/h2-3,5-8,13H,4,9-11,15H2,1H3/b3-2+. The zero-order valence-corrected chi connectivity index (χ0v) is 11.9. The third-order valence-corrected chi connectivity index (χ3v) is 5.05. The lowest BCUT2D eigenvalue weighted by atomic mass is 10.0. The first-order valence-corrected chi connectivity index (χ1v) is 7.94. The molecule has 0 saturated carbocycles. The smallest absolute Gasteiger partial charge is 0.243 e. The summed E-state index contributed by atoms with van der Waals surface area (Å²) in [5.74, 6) is 0. The van der Waals surface area contributed by atoms with Crippen molar-refractivity contribution in [1.29, 1.82) is 0 Å². The van der Waals surface area contributed by atoms with Crippen LogP contribution in [-0.4, -0.2) is 31.9 Å². The van der Waals surface area contributed by atoms with E-state index < -0.39 is 10.0 Å². The van der Waals surface area contributed by atoms with Crippen molar-refractivity contribution in [3.05, 3.63) is 42.0 Å². The van der Waals surface area contributed by atoms with Gasteiger partial charge in [-0.2, -0.15) is 4.31 Å². The molecule has 1 fully saturated rings. The Morgan fingerprint density at radius 3 is 2.47 bits per heavy atom. The number of nitrogens with two attached hydrogens (primary N) is 1. The predicted octanol–water partition coefficient (Wildman–Crippen LogP) is 1.53. The van der Waals surface area contributed by atoms with Gasteiger partial charge in [0.15, 0.2) is 0 Å². The predicted molar refractivity (Wildman–Crippen MR) is 76.3 cm³/mol. The monoisotopic (exact) mass is 280 g/mol. The first kappa shape index (κ1) is 14.2. The number of allylic oxidation sites excluding steroid dienone is 1. The summed E-state index contributed by atoms with van der Waals surface area (Å²) in [6, 6.07) is 7.12. The zero-order chi connectivity index (χ0) is 13.9. The average molecular weight is 280 g/mol. The Labute approximate surface area is 115 Å². The van der Waals surface area contributed by atoms with Gasteiger partial charge in [-0.3, -0.25) is 0 Å². The number of hydrogen-bond acceptors (Lipinski definition) is 3. The second-order valence-corrected chi connectivity index (χ2v) is 6.75. The van der Waals surface area contributed by atoms with Crippen LogP contribution in [0.15, 0.2) is 41.3 Å². The maximum Gasteiger partial charge on any atom is 0.243 e. The van der Waals surface area contributed by atoms with Gasteiger partial charge in [-0.1, -0.05) is 24.3 Å². The van der Waals surface area contributed by atoms with E-state index in [-0.39, 0.29) is 6.04 Å². The summed E-state index contributed by atoms with van der Waals surface area (Å²) in [5.41, 5.74) is 7.07. The average Bonchev–Trinajstić information content (AvgIpc) is 3.21. The second kappa shape index (κ2) is 5.86. The lowest BCUT2D eigenvalue weighted by molar-refractivity contribution is 0.563. The Balaban J connectivity index is 2.02. The van der Waals surface area contributed by atoms with Gasteiger partial charge >= 0.3 is 0 Å². The highest BCUT2D eigenvalue weighted by Crippen LogP contribution is 2.22. The molecule has 1 saturated heterocycles. The van der Waals surface area contributed by atoms with Gasteiger partial charge in [-0.15, -0.1) is 0 Å². The fourth-order valence-electron chi connectivity index (χ4n) is 1.92. The lowest BCUT2D eigenvalue weighted by Gasteiger charge is -2.10. The lowest BCUT2D eigenvalue weighted by Crippen LogP contribution is -2.21. The Morgan fingerprint density at radius 2 is 1.95 bits per heavy atom. The zero-order valence-electron chi connectivity index (χ0n) is 11.1. The van der Waals surface area contributed by atoms with Crippen molar-refractivity contribution in [2.75, 3.05) is 13.1 Å². The van der Waals surface area contributed by atoms with Crippen LogP contribution in [0.1, 0.15) is 18.9 Å². The van der Waals surface area contributed by atoms with Gasteiger partial charge in [-0.25, -0.2) is 8.42 Å². The largest absolute Gasteiger partial charge is 0.327 e. The summed E-state index contributed by atoms with van der Waals surface area (Å²) < 4.78 is 25.4. The minimum Gasteiger partial charge on any atom is -0.327 e. The second-order valence-electron chi connectivity index (χ2n) is 4.82. The van der Waals surface area contributed by atoms with Gasteiger partial charge in [0.05, 0.1) is 4.90 Å². The maximum absolute atomic E-state index is 12.0. The number of nitrogens with zero attached hydrogens (tertiary/aromatic N) is 1. The highest BCUT2D eigenvalue weighted by Gasteiger charge is 2.32. The molecule has 1 heterocycles. The van der Waals surface area contributed by atoms with Crippen LogP contribution in [-0.2, 0) is 16.4 Å². The molecule has 104 valence electrons. The van der Waals surface area contributed by atoms with Crippen LogP contribution in [0.2, 0.25) is 0 Å². The molecule has 4 nitrogen and oxygen atoms in total. The van der Waals surface area contributed by atoms with Crippen molar-refractivity contribution in [3.8, 4) is 0 Å². The van der Waals surface area contributed by atoms with Gasteiger partial charge in [0, 0.05) is 19.1 Å². The summed E-state index contributed by atoms with van der Waals surface area (Å²) in [6.07, 6.45) is 5.63. The molecule has 0 amide bonds. The van der Waals surface area contributed by atoms with E-state index in [4.69, 9.17) is 5.73 Å². The van der Waals surface area contributed by atoms with Crippen molar-refractivity contribution in [2.24, 2.45) is 5.73 Å². The van der Waals surface area contributed by atoms with E-state index in [9.17, 15) is 8.42 Å². The normalized spacial score (nSPS) is 17.8. The maximum atomic E-state index is 12.0. The van der Waals surface area contributed by atoms with Crippen LogP contribution >= 0.6 is 0 Å². The summed E-state index contributed by atoms with van der Waals surface area (Å²) in [4.78, 5) is 0.371. The number of benzene rings is 1. The van der Waals surface area contributed by atoms with E-state index in [1.165, 1.54) is 4.31 Å². The molecule has 1 aliphatic heterocycles. The third kappa shape index (κ3) is 3.65. The van der Waals surface area contributed by atoms with Crippen molar-refractivity contribution in [2.45, 2.75) is 30.7 Å². The van der Waals surface area contributed by atoms with Crippen molar-refractivity contribution >= 4 is 10.0 Å². The molecule has 1 aromatic rings. The van der Waals surface area contributed by atoms with Gasteiger partial charge in [-0.05, 0) is 37.5 Å². The number of rotatable bonds is 6. The van der Waals surface area contributed by atoms with E-state index in [1.807, 2.05) is 31.2 Å². The minimum absolute atomic E-state index is 0.0749. The van der Waals surface area contributed by atoms with Gasteiger partial charge in [0.2, 0.25) is 10.0 Å². The minimum atomic E-state index is -3.23. The van der Waals surface area contributed by atoms with Crippen LogP contribution in [0.5, 0.6) is 0 Å². The van der Waals surface area contributed by atoms with Crippen LogP contribution < -0.4 is 5.73 Å². The Bertz CT molecular complexity index is 545. The first-order valence-electron chi connectivity index (χ1n) is 6.50. The molecule has 5 heteroatoms. The Hall–Kier alpha value is -1.17. The molecule has 1 atom stereocenters. The highest BCUT2D eigenvalue weighted by molar-refractivity contribution is 7.89. The quantitative estimate of drug-likeness (QED) is 0.635.